The highest BCUT2D eigenvalue weighted by Crippen LogP contribution is 2.53. The van der Waals surface area contributed by atoms with Crippen LogP contribution in [0.2, 0.25) is 0 Å². The highest BCUT2D eigenvalue weighted by molar-refractivity contribution is 7.26. The van der Waals surface area contributed by atoms with Crippen molar-refractivity contribution in [2.45, 2.75) is 52.4 Å². The molecule has 12 aromatic rings. The van der Waals surface area contributed by atoms with Crippen LogP contribution in [0.1, 0.15) is 52.7 Å². The molecule has 0 fully saturated rings. The number of para-hydroxylation sites is 2. The van der Waals surface area contributed by atoms with Crippen LogP contribution in [0.15, 0.2) is 148 Å². The number of rotatable bonds is 1. The van der Waals surface area contributed by atoms with Gasteiger partial charge in [-0.05, 0) is 99.1 Å². The second-order valence-electron chi connectivity index (χ2n) is 19.7. The monoisotopic (exact) mass is 816 g/mol. The van der Waals surface area contributed by atoms with Crippen LogP contribution in [0, 0.1) is 0 Å². The molecule has 62 heavy (non-hydrogen) atoms. The molecule has 0 saturated carbocycles. The molecule has 2 aliphatic heterocycles. The van der Waals surface area contributed by atoms with Gasteiger partial charge in [0.15, 0.2) is 0 Å². The molecular formula is C56H41BN2O2S. The van der Waals surface area contributed by atoms with Crippen molar-refractivity contribution in [3.8, 4) is 16.8 Å². The van der Waals surface area contributed by atoms with E-state index in [1.807, 2.05) is 11.3 Å². The zero-order valence-electron chi connectivity index (χ0n) is 35.5. The quantitative estimate of drug-likeness (QED) is 0.155. The SMILES string of the molecule is CC(C)(C)c1ccc(N2B3c4cc5sc6ccccc6c5cc4-n4c5ccc(C(C)(C)C)cc5c5c6oc7ccccc7c6c(c3c54)-c3cc4c(cc32)oc2ccccc24)cc1. The lowest BCUT2D eigenvalue weighted by molar-refractivity contribution is 0.590. The molecule has 0 radical (unpaired) electrons. The topological polar surface area (TPSA) is 34.5 Å². The third-order valence-electron chi connectivity index (χ3n) is 14.1. The van der Waals surface area contributed by atoms with Gasteiger partial charge >= 0.3 is 6.85 Å². The fourth-order valence-electron chi connectivity index (χ4n) is 11.1. The molecule has 0 atom stereocenters. The van der Waals surface area contributed by atoms with Gasteiger partial charge in [-0.2, -0.15) is 0 Å². The Hall–Kier alpha value is -6.76. The predicted octanol–water partition coefficient (Wildman–Crippen LogP) is 14.8. The maximum atomic E-state index is 7.21. The van der Waals surface area contributed by atoms with Crippen LogP contribution in [-0.4, -0.2) is 11.4 Å². The number of thiophene rings is 1. The average Bonchev–Trinajstić information content (AvgIpc) is 4.02. The maximum Gasteiger partial charge on any atom is 0.333 e. The lowest BCUT2D eigenvalue weighted by Crippen LogP contribution is -2.60. The van der Waals surface area contributed by atoms with Crippen LogP contribution in [0.3, 0.4) is 0 Å². The molecular weight excluding hydrogens is 776 g/mol. The van der Waals surface area contributed by atoms with Gasteiger partial charge < -0.3 is 18.2 Å². The van der Waals surface area contributed by atoms with Gasteiger partial charge in [0.2, 0.25) is 0 Å². The van der Waals surface area contributed by atoms with Crippen molar-refractivity contribution in [3.05, 3.63) is 151 Å². The predicted molar refractivity (Wildman–Crippen MR) is 265 cm³/mol. The van der Waals surface area contributed by atoms with Crippen molar-refractivity contribution in [2.24, 2.45) is 0 Å². The number of benzene rings is 8. The van der Waals surface area contributed by atoms with E-state index < -0.39 is 0 Å². The molecule has 14 rings (SSSR count). The molecule has 6 heteroatoms. The Balaban J connectivity index is 1.24. The number of nitrogens with zero attached hydrogens (tertiary/aromatic N) is 2. The van der Waals surface area contributed by atoms with Crippen molar-refractivity contribution >= 4 is 126 Å². The molecule has 0 amide bonds. The van der Waals surface area contributed by atoms with Crippen LogP contribution in [0.5, 0.6) is 0 Å². The molecule has 0 spiro atoms. The summed E-state index contributed by atoms with van der Waals surface area (Å²) in [6.07, 6.45) is 0. The molecule has 8 aromatic carbocycles. The first-order valence-electron chi connectivity index (χ1n) is 21.8. The molecule has 2 aliphatic rings. The minimum Gasteiger partial charge on any atom is -0.456 e. The zero-order chi connectivity index (χ0) is 41.6. The number of hydrogen-bond donors (Lipinski definition) is 0. The largest absolute Gasteiger partial charge is 0.456 e. The van der Waals surface area contributed by atoms with E-state index in [9.17, 15) is 0 Å². The third kappa shape index (κ3) is 4.42. The van der Waals surface area contributed by atoms with Gasteiger partial charge in [-0.3, -0.25) is 0 Å². The molecule has 4 aromatic heterocycles. The second-order valence-corrected chi connectivity index (χ2v) is 20.8. The molecule has 0 N–H and O–H groups in total. The molecule has 4 nitrogen and oxygen atoms in total. The van der Waals surface area contributed by atoms with Gasteiger partial charge in [0.1, 0.15) is 22.3 Å². The van der Waals surface area contributed by atoms with Crippen LogP contribution >= 0.6 is 11.3 Å². The van der Waals surface area contributed by atoms with Crippen molar-refractivity contribution in [2.75, 3.05) is 4.81 Å². The number of aromatic nitrogens is 1. The van der Waals surface area contributed by atoms with Gasteiger partial charge in [0.05, 0.1) is 16.4 Å². The Labute approximate surface area is 362 Å². The van der Waals surface area contributed by atoms with Crippen LogP contribution < -0.4 is 15.7 Å². The van der Waals surface area contributed by atoms with E-state index >= 15 is 0 Å². The number of hydrogen-bond acceptors (Lipinski definition) is 4. The van der Waals surface area contributed by atoms with Crippen molar-refractivity contribution in [1.29, 1.82) is 0 Å². The lowest BCUT2D eigenvalue weighted by atomic mass is 9.43. The van der Waals surface area contributed by atoms with Crippen molar-refractivity contribution < 1.29 is 8.83 Å². The molecule has 0 unspecified atom stereocenters. The zero-order valence-corrected chi connectivity index (χ0v) is 36.3. The van der Waals surface area contributed by atoms with E-state index in [1.165, 1.54) is 86.2 Å². The van der Waals surface area contributed by atoms with Gasteiger partial charge in [-0.25, -0.2) is 0 Å². The van der Waals surface area contributed by atoms with Gasteiger partial charge in [-0.1, -0.05) is 114 Å². The minimum atomic E-state index is -0.163. The summed E-state index contributed by atoms with van der Waals surface area (Å²) in [5.74, 6) is 0. The average molecular weight is 817 g/mol. The van der Waals surface area contributed by atoms with E-state index in [1.54, 1.807) is 0 Å². The van der Waals surface area contributed by atoms with Gasteiger partial charge in [-0.15, -0.1) is 11.3 Å². The normalized spacial score (nSPS) is 13.9. The smallest absolute Gasteiger partial charge is 0.333 e. The van der Waals surface area contributed by atoms with E-state index in [-0.39, 0.29) is 17.7 Å². The molecule has 6 heterocycles. The Morgan fingerprint density at radius 1 is 0.516 bits per heavy atom. The summed E-state index contributed by atoms with van der Waals surface area (Å²) in [5, 5.41) is 9.56. The Morgan fingerprint density at radius 2 is 1.21 bits per heavy atom. The van der Waals surface area contributed by atoms with E-state index in [0.717, 1.165) is 49.9 Å². The van der Waals surface area contributed by atoms with E-state index in [0.29, 0.717) is 0 Å². The lowest BCUT2D eigenvalue weighted by Gasteiger charge is -2.42. The third-order valence-corrected chi connectivity index (χ3v) is 15.2. The Bertz CT molecular complexity index is 3960. The fourth-order valence-corrected chi connectivity index (χ4v) is 12.2. The van der Waals surface area contributed by atoms with Gasteiger partial charge in [0, 0.05) is 75.8 Å². The second kappa shape index (κ2) is 11.6. The van der Waals surface area contributed by atoms with Crippen LogP contribution in [0.25, 0.3) is 103 Å². The summed E-state index contributed by atoms with van der Waals surface area (Å²) in [6, 6.07) is 52.3. The summed E-state index contributed by atoms with van der Waals surface area (Å²) in [7, 11) is 0. The number of furan rings is 2. The van der Waals surface area contributed by atoms with Crippen LogP contribution in [0.4, 0.5) is 11.4 Å². The first kappa shape index (κ1) is 34.9. The Kier molecular flexibility index (Phi) is 6.52. The maximum absolute atomic E-state index is 7.21. The standard InChI is InChI=1S/C56H41BN2O2S/c1-55(2,3)30-19-22-32(23-20-30)59-42-29-46-36(33-13-7-10-16-44(33)60-46)26-39(42)49-50-35-15-8-11-17-45(35)61-54(50)51-38-25-31(56(4,5)6)21-24-41(38)58-43-27-37-34-14-9-12-18-47(34)62-48(37)28-40(43)57(59)52(49)53(51)58/h7-29H,1-6H3. The van der Waals surface area contributed by atoms with Crippen LogP contribution in [-0.2, 0) is 10.8 Å². The molecule has 296 valence electrons. The molecule has 0 bridgehead atoms. The molecule has 0 saturated heterocycles. The number of anilines is 2. The highest BCUT2D eigenvalue weighted by Gasteiger charge is 2.46. The first-order chi connectivity index (χ1) is 30.0. The number of fused-ring (bicyclic) bond motifs is 19. The summed E-state index contributed by atoms with van der Waals surface area (Å²) in [4.78, 5) is 2.63. The summed E-state index contributed by atoms with van der Waals surface area (Å²) >= 11 is 1.89. The van der Waals surface area contributed by atoms with E-state index in [2.05, 4.69) is 190 Å². The van der Waals surface area contributed by atoms with E-state index in [4.69, 9.17) is 8.83 Å². The highest BCUT2D eigenvalue weighted by atomic mass is 32.1. The fraction of sp³-hybridized carbons (Fsp3) is 0.143. The summed E-state index contributed by atoms with van der Waals surface area (Å²) in [6.45, 7) is 13.7. The first-order valence-corrected chi connectivity index (χ1v) is 22.6. The summed E-state index contributed by atoms with van der Waals surface area (Å²) in [5.41, 5.74) is 17.2. The summed E-state index contributed by atoms with van der Waals surface area (Å²) < 4.78 is 19.2. The minimum absolute atomic E-state index is 0.0164. The molecule has 0 aliphatic carbocycles. The van der Waals surface area contributed by atoms with Gasteiger partial charge in [0.25, 0.3) is 0 Å². The van der Waals surface area contributed by atoms with Crippen molar-refractivity contribution in [3.63, 3.8) is 0 Å². The van der Waals surface area contributed by atoms with Crippen molar-refractivity contribution in [1.82, 2.24) is 4.57 Å². The Morgan fingerprint density at radius 3 is 1.98 bits per heavy atom.